The number of para-hydroxylation sites is 1. The molecule has 0 aliphatic rings. The van der Waals surface area contributed by atoms with Gasteiger partial charge < -0.3 is 16.2 Å². The summed E-state index contributed by atoms with van der Waals surface area (Å²) in [4.78, 5) is 22.3. The maximum atomic E-state index is 12.1. The van der Waals surface area contributed by atoms with Crippen LogP contribution in [0.2, 0.25) is 0 Å². The molecule has 0 heterocycles. The number of carbonyl (C=O) groups is 1. The Hall–Kier alpha value is -2.93. The van der Waals surface area contributed by atoms with Crippen LogP contribution in [-0.2, 0) is 0 Å². The van der Waals surface area contributed by atoms with Crippen LogP contribution >= 0.6 is 0 Å². The van der Waals surface area contributed by atoms with Gasteiger partial charge in [0.05, 0.1) is 16.6 Å². The number of rotatable bonds is 5. The summed E-state index contributed by atoms with van der Waals surface area (Å²) in [6.45, 7) is 1.88. The highest BCUT2D eigenvalue weighted by molar-refractivity contribution is 6.00. The second kappa shape index (κ2) is 6.89. The number of anilines is 1. The standard InChI is InChI=1S/C16H17N3O4/c1-10-4-2-5-11(8-10)14(20)9-18-16(21)12-6-3-7-13(15(12)17)19(22)23/h2-8,14,20H,9,17H2,1H3,(H,18,21). The Morgan fingerprint density at radius 2 is 2.04 bits per heavy atom. The molecule has 1 amide bonds. The Kier molecular flexibility index (Phi) is 4.92. The number of nitrogens with two attached hydrogens (primary N) is 1. The molecule has 2 aromatic rings. The predicted octanol–water partition coefficient (Wildman–Crippen LogP) is 1.95. The number of nitrogens with zero attached hydrogens (tertiary/aromatic N) is 1. The molecule has 23 heavy (non-hydrogen) atoms. The normalized spacial score (nSPS) is 11.7. The third kappa shape index (κ3) is 3.83. The van der Waals surface area contributed by atoms with Crippen molar-refractivity contribution in [2.75, 3.05) is 12.3 Å². The van der Waals surface area contributed by atoms with Crippen LogP contribution in [0.1, 0.15) is 27.6 Å². The van der Waals surface area contributed by atoms with Crippen molar-refractivity contribution < 1.29 is 14.8 Å². The number of nitrogen functional groups attached to an aromatic ring is 1. The van der Waals surface area contributed by atoms with Crippen LogP contribution in [0, 0.1) is 17.0 Å². The van der Waals surface area contributed by atoms with E-state index in [0.717, 1.165) is 5.56 Å². The number of hydrogen-bond donors (Lipinski definition) is 3. The number of aryl methyl sites for hydroxylation is 1. The lowest BCUT2D eigenvalue weighted by Gasteiger charge is -2.13. The Morgan fingerprint density at radius 1 is 1.35 bits per heavy atom. The summed E-state index contributed by atoms with van der Waals surface area (Å²) in [5.41, 5.74) is 6.82. The van der Waals surface area contributed by atoms with Crippen molar-refractivity contribution in [1.82, 2.24) is 5.32 Å². The minimum Gasteiger partial charge on any atom is -0.393 e. The van der Waals surface area contributed by atoms with E-state index < -0.39 is 16.9 Å². The zero-order valence-corrected chi connectivity index (χ0v) is 12.5. The number of nitrogens with one attached hydrogen (secondary N) is 1. The SMILES string of the molecule is Cc1cccc(C(O)CNC(=O)c2cccc([N+](=O)[O-])c2N)c1. The summed E-state index contributed by atoms with van der Waals surface area (Å²) in [5.74, 6) is -0.571. The maximum Gasteiger partial charge on any atom is 0.292 e. The number of carbonyl (C=O) groups excluding carboxylic acids is 1. The minimum absolute atomic E-state index is 0.00985. The fourth-order valence-corrected chi connectivity index (χ4v) is 2.19. The fourth-order valence-electron chi connectivity index (χ4n) is 2.19. The van der Waals surface area contributed by atoms with Gasteiger partial charge in [0.25, 0.3) is 11.6 Å². The van der Waals surface area contributed by atoms with Gasteiger partial charge in [-0.2, -0.15) is 0 Å². The number of benzene rings is 2. The van der Waals surface area contributed by atoms with Crippen LogP contribution in [0.4, 0.5) is 11.4 Å². The Morgan fingerprint density at radius 3 is 2.70 bits per heavy atom. The molecule has 7 heteroatoms. The molecule has 0 fully saturated rings. The smallest absolute Gasteiger partial charge is 0.292 e. The molecule has 0 spiro atoms. The molecule has 0 bridgehead atoms. The molecule has 0 aliphatic heterocycles. The third-order valence-electron chi connectivity index (χ3n) is 3.41. The van der Waals surface area contributed by atoms with Gasteiger partial charge in [0.2, 0.25) is 0 Å². The first-order valence-electron chi connectivity index (χ1n) is 6.96. The first kappa shape index (κ1) is 16.4. The summed E-state index contributed by atoms with van der Waals surface area (Å²) in [5, 5.41) is 23.5. The molecule has 0 radical (unpaired) electrons. The van der Waals surface area contributed by atoms with Crippen molar-refractivity contribution in [1.29, 1.82) is 0 Å². The molecule has 1 unspecified atom stereocenters. The average molecular weight is 315 g/mol. The highest BCUT2D eigenvalue weighted by Crippen LogP contribution is 2.24. The van der Waals surface area contributed by atoms with Gasteiger partial charge in [0.1, 0.15) is 5.69 Å². The van der Waals surface area contributed by atoms with E-state index in [9.17, 15) is 20.0 Å². The van der Waals surface area contributed by atoms with Crippen LogP contribution in [0.15, 0.2) is 42.5 Å². The van der Waals surface area contributed by atoms with Crippen molar-refractivity contribution in [2.24, 2.45) is 0 Å². The molecular formula is C16H17N3O4. The lowest BCUT2D eigenvalue weighted by atomic mass is 10.1. The lowest BCUT2D eigenvalue weighted by Crippen LogP contribution is -2.29. The van der Waals surface area contributed by atoms with E-state index in [1.54, 1.807) is 6.07 Å². The van der Waals surface area contributed by atoms with Gasteiger partial charge in [-0.1, -0.05) is 35.9 Å². The molecule has 2 aromatic carbocycles. The number of hydrogen-bond acceptors (Lipinski definition) is 5. The summed E-state index contributed by atoms with van der Waals surface area (Å²) in [6, 6.07) is 11.3. The number of aliphatic hydroxyl groups is 1. The highest BCUT2D eigenvalue weighted by Gasteiger charge is 2.19. The van der Waals surface area contributed by atoms with Crippen molar-refractivity contribution in [3.05, 3.63) is 69.3 Å². The van der Waals surface area contributed by atoms with Crippen molar-refractivity contribution in [3.8, 4) is 0 Å². The summed E-state index contributed by atoms with van der Waals surface area (Å²) in [7, 11) is 0. The van der Waals surface area contributed by atoms with E-state index in [0.29, 0.717) is 5.56 Å². The first-order valence-corrected chi connectivity index (χ1v) is 6.96. The van der Waals surface area contributed by atoms with Gasteiger partial charge >= 0.3 is 0 Å². The number of nitro groups is 1. The van der Waals surface area contributed by atoms with Crippen LogP contribution in [0.5, 0.6) is 0 Å². The molecule has 1 atom stereocenters. The first-order chi connectivity index (χ1) is 10.9. The van der Waals surface area contributed by atoms with Crippen molar-refractivity contribution >= 4 is 17.3 Å². The fraction of sp³-hybridized carbons (Fsp3) is 0.188. The quantitative estimate of drug-likeness (QED) is 0.442. The molecule has 0 saturated heterocycles. The van der Waals surface area contributed by atoms with Crippen LogP contribution in [-0.4, -0.2) is 22.5 Å². The van der Waals surface area contributed by atoms with E-state index in [2.05, 4.69) is 5.32 Å². The molecular weight excluding hydrogens is 298 g/mol. The topological polar surface area (TPSA) is 118 Å². The van der Waals surface area contributed by atoms with Gasteiger partial charge in [0, 0.05) is 12.6 Å². The Balaban J connectivity index is 2.08. The maximum absolute atomic E-state index is 12.1. The summed E-state index contributed by atoms with van der Waals surface area (Å²) < 4.78 is 0. The van der Waals surface area contributed by atoms with Crippen LogP contribution in [0.3, 0.4) is 0 Å². The lowest BCUT2D eigenvalue weighted by molar-refractivity contribution is -0.383. The highest BCUT2D eigenvalue weighted by atomic mass is 16.6. The van der Waals surface area contributed by atoms with E-state index in [-0.39, 0.29) is 23.5 Å². The number of aliphatic hydroxyl groups excluding tert-OH is 1. The minimum atomic E-state index is -0.876. The number of nitro benzene ring substituents is 1. The zero-order valence-electron chi connectivity index (χ0n) is 12.5. The summed E-state index contributed by atoms with van der Waals surface area (Å²) >= 11 is 0. The van der Waals surface area contributed by atoms with Crippen molar-refractivity contribution in [3.63, 3.8) is 0 Å². The Labute approximate surface area is 132 Å². The van der Waals surface area contributed by atoms with Crippen molar-refractivity contribution in [2.45, 2.75) is 13.0 Å². The second-order valence-electron chi connectivity index (χ2n) is 5.14. The third-order valence-corrected chi connectivity index (χ3v) is 3.41. The molecule has 2 rings (SSSR count). The summed E-state index contributed by atoms with van der Waals surface area (Å²) in [6.07, 6.45) is -0.876. The van der Waals surface area contributed by atoms with Gasteiger partial charge in [-0.25, -0.2) is 0 Å². The van der Waals surface area contributed by atoms with E-state index >= 15 is 0 Å². The second-order valence-corrected chi connectivity index (χ2v) is 5.14. The van der Waals surface area contributed by atoms with E-state index in [1.807, 2.05) is 25.1 Å². The zero-order chi connectivity index (χ0) is 17.0. The largest absolute Gasteiger partial charge is 0.393 e. The molecule has 4 N–H and O–H groups in total. The molecule has 7 nitrogen and oxygen atoms in total. The predicted molar refractivity (Wildman–Crippen MR) is 86.0 cm³/mol. The Bertz CT molecular complexity index is 746. The molecule has 0 aromatic heterocycles. The van der Waals surface area contributed by atoms with Gasteiger partial charge in [-0.15, -0.1) is 0 Å². The van der Waals surface area contributed by atoms with E-state index in [4.69, 9.17) is 5.73 Å². The average Bonchev–Trinajstić information content (AvgIpc) is 2.52. The van der Waals surface area contributed by atoms with Gasteiger partial charge in [-0.05, 0) is 18.6 Å². The molecule has 120 valence electrons. The molecule has 0 aliphatic carbocycles. The van der Waals surface area contributed by atoms with E-state index in [1.165, 1.54) is 18.2 Å². The van der Waals surface area contributed by atoms with Gasteiger partial charge in [0.15, 0.2) is 0 Å². The van der Waals surface area contributed by atoms with Crippen LogP contribution < -0.4 is 11.1 Å². The van der Waals surface area contributed by atoms with Crippen LogP contribution in [0.25, 0.3) is 0 Å². The molecule has 0 saturated carbocycles. The van der Waals surface area contributed by atoms with Gasteiger partial charge in [-0.3, -0.25) is 14.9 Å². The monoisotopic (exact) mass is 315 g/mol. The number of amides is 1.